The Morgan fingerprint density at radius 1 is 1.21 bits per heavy atom. The molecule has 4 rings (SSSR count). The Kier molecular flexibility index (Phi) is 3.39. The number of fused-ring (bicyclic) bond motifs is 1. The maximum absolute atomic E-state index is 12.3. The van der Waals surface area contributed by atoms with E-state index in [1.54, 1.807) is 29.3 Å². The normalized spacial score (nSPS) is 19.7. The summed E-state index contributed by atoms with van der Waals surface area (Å²) in [6, 6.07) is 11.6. The topological polar surface area (TPSA) is 59.8 Å². The molecular weight excluding hydrogens is 324 g/mol. The summed E-state index contributed by atoms with van der Waals surface area (Å²) >= 11 is 6.04. The summed E-state index contributed by atoms with van der Waals surface area (Å²) in [6.45, 7) is 2.59. The first kappa shape index (κ1) is 14.9. The zero-order valence-electron chi connectivity index (χ0n) is 13.0. The average Bonchev–Trinajstić information content (AvgIpc) is 3.03. The van der Waals surface area contributed by atoms with Crippen LogP contribution in [0.15, 0.2) is 55.0 Å². The lowest BCUT2D eigenvalue weighted by molar-refractivity contribution is 0.0839. The van der Waals surface area contributed by atoms with Crippen molar-refractivity contribution in [2.75, 3.05) is 0 Å². The largest absolute Gasteiger partial charge is 0.340 e. The van der Waals surface area contributed by atoms with E-state index in [1.807, 2.05) is 31.2 Å². The first-order valence-corrected chi connectivity index (χ1v) is 7.99. The van der Waals surface area contributed by atoms with Crippen LogP contribution in [0.1, 0.15) is 23.0 Å². The molecule has 3 heterocycles. The monoisotopic (exact) mass is 338 g/mol. The molecule has 120 valence electrons. The summed E-state index contributed by atoms with van der Waals surface area (Å²) < 4.78 is 1.74. The molecule has 0 saturated heterocycles. The smallest absolute Gasteiger partial charge is 0.270 e. The van der Waals surface area contributed by atoms with Crippen LogP contribution in [0.3, 0.4) is 0 Å². The summed E-state index contributed by atoms with van der Waals surface area (Å²) in [5.74, 6) is -0.115. The fourth-order valence-electron chi connectivity index (χ4n) is 3.08. The van der Waals surface area contributed by atoms with Crippen molar-refractivity contribution in [3.8, 4) is 11.1 Å². The molecule has 1 amide bonds. The number of benzene rings is 1. The maximum atomic E-state index is 12.3. The third-order valence-electron chi connectivity index (χ3n) is 4.34. The molecule has 1 aliphatic heterocycles. The molecule has 5 nitrogen and oxygen atoms in total. The molecule has 0 bridgehead atoms. The van der Waals surface area contributed by atoms with Gasteiger partial charge >= 0.3 is 0 Å². The van der Waals surface area contributed by atoms with E-state index < -0.39 is 5.54 Å². The number of carbonyl (C=O) groups excluding carboxylic acids is 1. The van der Waals surface area contributed by atoms with Crippen molar-refractivity contribution in [1.29, 1.82) is 0 Å². The lowest BCUT2D eigenvalue weighted by Gasteiger charge is -2.35. The van der Waals surface area contributed by atoms with Crippen LogP contribution in [0.2, 0.25) is 5.02 Å². The van der Waals surface area contributed by atoms with Crippen LogP contribution in [0.4, 0.5) is 0 Å². The van der Waals surface area contributed by atoms with Gasteiger partial charge in [0.25, 0.3) is 5.91 Å². The van der Waals surface area contributed by atoms with Gasteiger partial charge in [-0.05, 0) is 36.2 Å². The number of hydrogen-bond acceptors (Lipinski definition) is 3. The maximum Gasteiger partial charge on any atom is 0.270 e. The Balaban J connectivity index is 1.75. The molecular formula is C18H15ClN4O. The number of halogens is 1. The van der Waals surface area contributed by atoms with Gasteiger partial charge < -0.3 is 5.32 Å². The molecule has 0 unspecified atom stereocenters. The fraction of sp³-hybridized carbons (Fsp3) is 0.167. The molecule has 0 spiro atoms. The van der Waals surface area contributed by atoms with Crippen LogP contribution in [-0.2, 0) is 12.1 Å². The quantitative estimate of drug-likeness (QED) is 0.780. The summed E-state index contributed by atoms with van der Waals surface area (Å²) in [6.07, 6.45) is 5.03. The number of carbonyl (C=O) groups is 1. The first-order valence-electron chi connectivity index (χ1n) is 7.61. The number of rotatable bonds is 2. The summed E-state index contributed by atoms with van der Waals surface area (Å²) in [7, 11) is 0. The summed E-state index contributed by atoms with van der Waals surface area (Å²) in [4.78, 5) is 16.5. The van der Waals surface area contributed by atoms with E-state index in [0.717, 1.165) is 16.7 Å². The highest BCUT2D eigenvalue weighted by Gasteiger charge is 2.36. The third kappa shape index (κ3) is 2.47. The second-order valence-corrected chi connectivity index (χ2v) is 6.57. The van der Waals surface area contributed by atoms with Crippen molar-refractivity contribution < 1.29 is 4.79 Å². The van der Waals surface area contributed by atoms with Gasteiger partial charge in [0.2, 0.25) is 0 Å². The number of pyridine rings is 1. The Labute approximate surface area is 144 Å². The molecule has 1 aromatic carbocycles. The molecule has 6 heteroatoms. The molecule has 1 aliphatic rings. The van der Waals surface area contributed by atoms with Gasteiger partial charge in [0.1, 0.15) is 5.69 Å². The molecule has 2 aromatic heterocycles. The van der Waals surface area contributed by atoms with Gasteiger partial charge in [-0.15, -0.1) is 0 Å². The number of nitrogens with zero attached hydrogens (tertiary/aromatic N) is 3. The predicted octanol–water partition coefficient (Wildman–Crippen LogP) is 3.26. The van der Waals surface area contributed by atoms with Crippen molar-refractivity contribution in [3.05, 3.63) is 71.3 Å². The lowest BCUT2D eigenvalue weighted by Crippen LogP contribution is -2.51. The average molecular weight is 339 g/mol. The summed E-state index contributed by atoms with van der Waals surface area (Å²) in [5, 5.41) is 7.94. The minimum absolute atomic E-state index is 0.115. The Morgan fingerprint density at radius 3 is 2.92 bits per heavy atom. The molecule has 24 heavy (non-hydrogen) atoms. The zero-order chi connectivity index (χ0) is 16.7. The number of hydrogen-bond donors (Lipinski definition) is 1. The fourth-order valence-corrected chi connectivity index (χ4v) is 3.25. The van der Waals surface area contributed by atoms with Gasteiger partial charge in [0.05, 0.1) is 17.1 Å². The molecule has 0 fully saturated rings. The minimum atomic E-state index is -0.530. The predicted molar refractivity (Wildman–Crippen MR) is 91.7 cm³/mol. The third-order valence-corrected chi connectivity index (χ3v) is 4.55. The molecule has 1 N–H and O–H groups in total. The minimum Gasteiger partial charge on any atom is -0.340 e. The molecule has 0 radical (unpaired) electrons. The Morgan fingerprint density at radius 2 is 2.08 bits per heavy atom. The zero-order valence-corrected chi connectivity index (χ0v) is 13.8. The van der Waals surface area contributed by atoms with Crippen molar-refractivity contribution in [3.63, 3.8) is 0 Å². The van der Waals surface area contributed by atoms with Crippen molar-refractivity contribution in [1.82, 2.24) is 20.1 Å². The van der Waals surface area contributed by atoms with Crippen molar-refractivity contribution in [2.24, 2.45) is 0 Å². The SMILES string of the molecule is C[C@@]1(c2cccc(-c3cncc(Cl)c3)c2)Cn2nccc2C(=O)N1. The van der Waals surface area contributed by atoms with Crippen LogP contribution < -0.4 is 5.32 Å². The molecule has 3 aromatic rings. The van der Waals surface area contributed by atoms with Gasteiger partial charge in [-0.1, -0.05) is 29.8 Å². The Hall–Kier alpha value is -2.66. The second-order valence-electron chi connectivity index (χ2n) is 6.13. The van der Waals surface area contributed by atoms with Crippen molar-refractivity contribution in [2.45, 2.75) is 19.0 Å². The number of amides is 1. The van der Waals surface area contributed by atoms with Gasteiger partial charge in [-0.3, -0.25) is 14.5 Å². The van der Waals surface area contributed by atoms with Gasteiger partial charge in [0, 0.05) is 24.2 Å². The highest BCUT2D eigenvalue weighted by atomic mass is 35.5. The van der Waals surface area contributed by atoms with Gasteiger partial charge in [0.15, 0.2) is 0 Å². The highest BCUT2D eigenvalue weighted by molar-refractivity contribution is 6.30. The lowest BCUT2D eigenvalue weighted by atomic mass is 9.88. The second kappa shape index (κ2) is 5.46. The van der Waals surface area contributed by atoms with Crippen LogP contribution in [0.25, 0.3) is 11.1 Å². The van der Waals surface area contributed by atoms with E-state index in [2.05, 4.69) is 21.5 Å². The van der Waals surface area contributed by atoms with Crippen molar-refractivity contribution >= 4 is 17.5 Å². The molecule has 0 aliphatic carbocycles. The molecule has 1 atom stereocenters. The number of nitrogens with one attached hydrogen (secondary N) is 1. The van der Waals surface area contributed by atoms with Crippen LogP contribution >= 0.6 is 11.6 Å². The van der Waals surface area contributed by atoms with E-state index in [4.69, 9.17) is 11.6 Å². The first-order chi connectivity index (χ1) is 11.5. The molecule has 0 saturated carbocycles. The highest BCUT2D eigenvalue weighted by Crippen LogP contribution is 2.31. The van der Waals surface area contributed by atoms with E-state index in [0.29, 0.717) is 17.3 Å². The standard InChI is InChI=1S/C18H15ClN4O/c1-18(11-23-16(5-6-21-23)17(24)22-18)14-4-2-3-12(7-14)13-8-15(19)10-20-9-13/h2-10H,11H2,1H3,(H,22,24)/t18-/m0/s1. The van der Waals surface area contributed by atoms with E-state index in [-0.39, 0.29) is 5.91 Å². The van der Waals surface area contributed by atoms with Gasteiger partial charge in [-0.2, -0.15) is 5.10 Å². The number of aromatic nitrogens is 3. The van der Waals surface area contributed by atoms with E-state index >= 15 is 0 Å². The van der Waals surface area contributed by atoms with Crippen LogP contribution in [0.5, 0.6) is 0 Å². The van der Waals surface area contributed by atoms with Crippen LogP contribution in [0, 0.1) is 0 Å². The van der Waals surface area contributed by atoms with E-state index in [9.17, 15) is 4.79 Å². The van der Waals surface area contributed by atoms with E-state index in [1.165, 1.54) is 0 Å². The Bertz CT molecular complexity index is 936. The van der Waals surface area contributed by atoms with Crippen LogP contribution in [-0.4, -0.2) is 20.7 Å². The summed E-state index contributed by atoms with van der Waals surface area (Å²) in [5.41, 5.74) is 3.01. The van der Waals surface area contributed by atoms with Gasteiger partial charge in [-0.25, -0.2) is 0 Å².